The van der Waals surface area contributed by atoms with E-state index < -0.39 is 9.84 Å². The summed E-state index contributed by atoms with van der Waals surface area (Å²) in [5.41, 5.74) is 2.02. The van der Waals surface area contributed by atoms with E-state index in [4.69, 9.17) is 0 Å². The van der Waals surface area contributed by atoms with Crippen LogP contribution in [0.3, 0.4) is 0 Å². The van der Waals surface area contributed by atoms with Gasteiger partial charge < -0.3 is 15.2 Å². The minimum absolute atomic E-state index is 0. The van der Waals surface area contributed by atoms with Crippen LogP contribution in [0.1, 0.15) is 19.2 Å². The summed E-state index contributed by atoms with van der Waals surface area (Å²) in [4.78, 5) is 9.17. The number of para-hydroxylation sites is 2. The zero-order chi connectivity index (χ0) is 17.2. The summed E-state index contributed by atoms with van der Waals surface area (Å²) in [6.07, 6.45) is 0.624. The summed E-state index contributed by atoms with van der Waals surface area (Å²) in [5, 5.41) is 6.39. The number of imidazole rings is 1. The van der Waals surface area contributed by atoms with E-state index in [0.29, 0.717) is 25.5 Å². The molecule has 1 fully saturated rings. The van der Waals surface area contributed by atoms with Crippen LogP contribution in [0.25, 0.3) is 11.0 Å². The smallest absolute Gasteiger partial charge is 0.191 e. The SMILES string of the molecule is CCNC(=NCc1nc2ccccc2n1C)NC1CCS(=O)(=O)C1.I. The molecule has 1 aromatic carbocycles. The van der Waals surface area contributed by atoms with Crippen LogP contribution < -0.4 is 10.6 Å². The second-order valence-electron chi connectivity index (χ2n) is 6.02. The fourth-order valence-electron chi connectivity index (χ4n) is 2.91. The van der Waals surface area contributed by atoms with Crippen molar-refractivity contribution in [2.75, 3.05) is 18.1 Å². The van der Waals surface area contributed by atoms with Gasteiger partial charge >= 0.3 is 0 Å². The molecule has 9 heteroatoms. The first kappa shape index (κ1) is 20.0. The minimum Gasteiger partial charge on any atom is -0.357 e. The van der Waals surface area contributed by atoms with Gasteiger partial charge in [-0.05, 0) is 25.5 Å². The Morgan fingerprint density at radius 3 is 2.80 bits per heavy atom. The second kappa shape index (κ2) is 8.35. The second-order valence-corrected chi connectivity index (χ2v) is 8.24. The van der Waals surface area contributed by atoms with Gasteiger partial charge in [-0.15, -0.1) is 24.0 Å². The Bertz CT molecular complexity index is 863. The normalized spacial score (nSPS) is 19.6. The van der Waals surface area contributed by atoms with Crippen LogP contribution >= 0.6 is 24.0 Å². The molecule has 0 radical (unpaired) electrons. The molecule has 0 spiro atoms. The van der Waals surface area contributed by atoms with Crippen molar-refractivity contribution in [1.82, 2.24) is 20.2 Å². The first-order chi connectivity index (χ1) is 11.5. The molecule has 1 unspecified atom stereocenters. The molecule has 1 saturated heterocycles. The third-order valence-electron chi connectivity index (χ3n) is 4.18. The lowest BCUT2D eigenvalue weighted by molar-refractivity contribution is 0.599. The number of aliphatic imine (C=N–C) groups is 1. The number of sulfone groups is 1. The van der Waals surface area contributed by atoms with Crippen LogP contribution in [-0.4, -0.2) is 48.0 Å². The summed E-state index contributed by atoms with van der Waals surface area (Å²) < 4.78 is 25.2. The number of fused-ring (bicyclic) bond motifs is 1. The van der Waals surface area contributed by atoms with Crippen LogP contribution in [0, 0.1) is 0 Å². The number of aromatic nitrogens is 2. The lowest BCUT2D eigenvalue weighted by Crippen LogP contribution is -2.44. The molecule has 1 aliphatic heterocycles. The van der Waals surface area contributed by atoms with Gasteiger partial charge in [-0.1, -0.05) is 12.1 Å². The van der Waals surface area contributed by atoms with Gasteiger partial charge in [0.1, 0.15) is 12.4 Å². The van der Waals surface area contributed by atoms with Gasteiger partial charge in [-0.25, -0.2) is 18.4 Å². The summed E-state index contributed by atoms with van der Waals surface area (Å²) in [5.74, 6) is 1.91. The zero-order valence-electron chi connectivity index (χ0n) is 14.4. The van der Waals surface area contributed by atoms with E-state index in [0.717, 1.165) is 16.9 Å². The summed E-state index contributed by atoms with van der Waals surface area (Å²) in [6, 6.07) is 7.89. The molecule has 2 N–H and O–H groups in total. The highest BCUT2D eigenvalue weighted by Crippen LogP contribution is 2.15. The van der Waals surface area contributed by atoms with Gasteiger partial charge in [0.25, 0.3) is 0 Å². The van der Waals surface area contributed by atoms with E-state index in [1.165, 1.54) is 0 Å². The molecule has 1 aromatic heterocycles. The van der Waals surface area contributed by atoms with Crippen LogP contribution in [0.15, 0.2) is 29.3 Å². The van der Waals surface area contributed by atoms with Gasteiger partial charge in [0.05, 0.1) is 22.5 Å². The molecular weight excluding hydrogens is 453 g/mol. The van der Waals surface area contributed by atoms with Crippen LogP contribution in [0.5, 0.6) is 0 Å². The molecule has 25 heavy (non-hydrogen) atoms. The summed E-state index contributed by atoms with van der Waals surface area (Å²) in [7, 11) is -0.933. The van der Waals surface area contributed by atoms with Gasteiger partial charge in [-0.2, -0.15) is 0 Å². The molecule has 0 saturated carbocycles. The predicted octanol–water partition coefficient (Wildman–Crippen LogP) is 1.43. The topological polar surface area (TPSA) is 88.4 Å². The molecule has 0 aliphatic carbocycles. The number of nitrogens with zero attached hydrogens (tertiary/aromatic N) is 3. The Morgan fingerprint density at radius 1 is 1.40 bits per heavy atom. The summed E-state index contributed by atoms with van der Waals surface area (Å²) >= 11 is 0. The molecule has 0 bridgehead atoms. The third-order valence-corrected chi connectivity index (χ3v) is 5.94. The van der Waals surface area contributed by atoms with E-state index in [1.54, 1.807) is 0 Å². The predicted molar refractivity (Wildman–Crippen MR) is 111 cm³/mol. The summed E-state index contributed by atoms with van der Waals surface area (Å²) in [6.45, 7) is 3.13. The van der Waals surface area contributed by atoms with Gasteiger partial charge in [0.15, 0.2) is 15.8 Å². The number of hydrogen-bond acceptors (Lipinski definition) is 4. The largest absolute Gasteiger partial charge is 0.357 e. The Balaban J connectivity index is 0.00000225. The number of rotatable bonds is 4. The number of aryl methyl sites for hydroxylation is 1. The van der Waals surface area contributed by atoms with E-state index in [1.807, 2.05) is 42.8 Å². The molecule has 3 rings (SSSR count). The van der Waals surface area contributed by atoms with Crippen LogP contribution in [-0.2, 0) is 23.4 Å². The minimum atomic E-state index is -2.91. The highest BCUT2D eigenvalue weighted by atomic mass is 127. The first-order valence-electron chi connectivity index (χ1n) is 8.14. The number of benzene rings is 1. The maximum absolute atomic E-state index is 11.6. The number of guanidine groups is 1. The van der Waals surface area contributed by atoms with E-state index >= 15 is 0 Å². The van der Waals surface area contributed by atoms with Crippen molar-refractivity contribution in [3.8, 4) is 0 Å². The average Bonchev–Trinajstić information content (AvgIpc) is 3.05. The lowest BCUT2D eigenvalue weighted by atomic mass is 10.3. The van der Waals surface area contributed by atoms with Crippen molar-refractivity contribution in [2.45, 2.75) is 25.9 Å². The molecule has 0 amide bonds. The van der Waals surface area contributed by atoms with Crippen LogP contribution in [0.2, 0.25) is 0 Å². The standard InChI is InChI=1S/C16H23N5O2S.HI/c1-3-17-16(19-12-8-9-24(22,23)11-12)18-10-15-20-13-6-4-5-7-14(13)21(15)2;/h4-7,12H,3,8-11H2,1-2H3,(H2,17,18,19);1H. The Labute approximate surface area is 165 Å². The Kier molecular flexibility index (Phi) is 6.66. The van der Waals surface area contributed by atoms with E-state index in [-0.39, 0.29) is 41.5 Å². The van der Waals surface area contributed by atoms with Crippen molar-refractivity contribution < 1.29 is 8.42 Å². The van der Waals surface area contributed by atoms with Gasteiger partial charge in [-0.3, -0.25) is 0 Å². The maximum atomic E-state index is 11.6. The molecule has 2 heterocycles. The highest BCUT2D eigenvalue weighted by Gasteiger charge is 2.28. The number of nitrogens with one attached hydrogen (secondary N) is 2. The van der Waals surface area contributed by atoms with Crippen molar-refractivity contribution in [1.29, 1.82) is 0 Å². The first-order valence-corrected chi connectivity index (χ1v) is 9.96. The molecular formula is C16H24IN5O2S. The fraction of sp³-hybridized carbons (Fsp3) is 0.500. The molecule has 138 valence electrons. The quantitative estimate of drug-likeness (QED) is 0.395. The van der Waals surface area contributed by atoms with Crippen molar-refractivity contribution in [3.05, 3.63) is 30.1 Å². The molecule has 1 atom stereocenters. The maximum Gasteiger partial charge on any atom is 0.191 e. The fourth-order valence-corrected chi connectivity index (χ4v) is 4.58. The Hall–Kier alpha value is -1.36. The number of hydrogen-bond donors (Lipinski definition) is 2. The van der Waals surface area contributed by atoms with Crippen molar-refractivity contribution in [3.63, 3.8) is 0 Å². The van der Waals surface area contributed by atoms with E-state index in [2.05, 4.69) is 20.6 Å². The average molecular weight is 477 g/mol. The number of halogens is 1. The van der Waals surface area contributed by atoms with Gasteiger partial charge in [0, 0.05) is 19.6 Å². The van der Waals surface area contributed by atoms with Crippen molar-refractivity contribution in [2.24, 2.45) is 12.0 Å². The lowest BCUT2D eigenvalue weighted by Gasteiger charge is -2.15. The third kappa shape index (κ3) is 4.84. The molecule has 2 aromatic rings. The molecule has 7 nitrogen and oxygen atoms in total. The monoisotopic (exact) mass is 477 g/mol. The van der Waals surface area contributed by atoms with E-state index in [9.17, 15) is 8.42 Å². The van der Waals surface area contributed by atoms with Crippen molar-refractivity contribution >= 4 is 50.8 Å². The Morgan fingerprint density at radius 2 is 2.16 bits per heavy atom. The highest BCUT2D eigenvalue weighted by molar-refractivity contribution is 14.0. The zero-order valence-corrected chi connectivity index (χ0v) is 17.5. The van der Waals surface area contributed by atoms with Gasteiger partial charge in [0.2, 0.25) is 0 Å². The molecule has 1 aliphatic rings. The van der Waals surface area contributed by atoms with Crippen LogP contribution in [0.4, 0.5) is 0 Å².